The van der Waals surface area contributed by atoms with Crippen molar-refractivity contribution in [1.82, 2.24) is 10.6 Å². The molecule has 3 N–H and O–H groups in total. The Hall–Kier alpha value is -0.120. The van der Waals surface area contributed by atoms with Gasteiger partial charge >= 0.3 is 0 Å². The maximum absolute atomic E-state index is 9.35. The quantitative estimate of drug-likeness (QED) is 0.597. The Labute approximate surface area is 86.3 Å². The second-order valence-corrected chi connectivity index (χ2v) is 4.71. The van der Waals surface area contributed by atoms with Crippen molar-refractivity contribution in [3.8, 4) is 0 Å². The molecule has 1 atom stereocenters. The zero-order valence-corrected chi connectivity index (χ0v) is 8.84. The maximum atomic E-state index is 9.35. The van der Waals surface area contributed by atoms with Gasteiger partial charge in [0.25, 0.3) is 0 Å². The molecule has 0 aromatic carbocycles. The minimum atomic E-state index is 0.352. The molecular weight excluding hydrogens is 176 g/mol. The first-order valence-corrected chi connectivity index (χ1v) is 5.95. The normalized spacial score (nSPS) is 26.4. The molecule has 2 aliphatic rings. The third kappa shape index (κ3) is 2.94. The summed E-state index contributed by atoms with van der Waals surface area (Å²) < 4.78 is 0. The third-order valence-corrected chi connectivity index (χ3v) is 3.53. The van der Waals surface area contributed by atoms with E-state index < -0.39 is 0 Å². The SMILES string of the molecule is OCC(CNC1CC1)C1CCNCC1. The second kappa shape index (κ2) is 5.10. The van der Waals surface area contributed by atoms with Gasteiger partial charge in [0.2, 0.25) is 0 Å². The first-order chi connectivity index (χ1) is 6.90. The van der Waals surface area contributed by atoms with Crippen LogP contribution in [0.2, 0.25) is 0 Å². The molecule has 0 amide bonds. The van der Waals surface area contributed by atoms with Gasteiger partial charge in [-0.2, -0.15) is 0 Å². The molecule has 1 aliphatic carbocycles. The zero-order valence-electron chi connectivity index (χ0n) is 8.84. The van der Waals surface area contributed by atoms with E-state index in [9.17, 15) is 5.11 Å². The van der Waals surface area contributed by atoms with Gasteiger partial charge in [-0.1, -0.05) is 0 Å². The highest BCUT2D eigenvalue weighted by molar-refractivity contribution is 4.84. The Bertz CT molecular complexity index is 165. The molecule has 0 spiro atoms. The van der Waals surface area contributed by atoms with Gasteiger partial charge in [0, 0.05) is 19.2 Å². The predicted octanol–water partition coefficient (Wildman–Crippen LogP) is 0.346. The van der Waals surface area contributed by atoms with Gasteiger partial charge in [-0.15, -0.1) is 0 Å². The topological polar surface area (TPSA) is 44.3 Å². The number of piperidine rings is 1. The van der Waals surface area contributed by atoms with Gasteiger partial charge < -0.3 is 15.7 Å². The van der Waals surface area contributed by atoms with E-state index in [0.29, 0.717) is 12.5 Å². The summed E-state index contributed by atoms with van der Waals surface area (Å²) in [6, 6.07) is 0.769. The van der Waals surface area contributed by atoms with Crippen LogP contribution in [-0.4, -0.2) is 37.4 Å². The van der Waals surface area contributed by atoms with Crippen LogP contribution in [0, 0.1) is 11.8 Å². The standard InChI is InChI=1S/C11H22N2O/c14-8-10(7-13-11-1-2-11)9-3-5-12-6-4-9/h9-14H,1-8H2. The minimum absolute atomic E-state index is 0.352. The van der Waals surface area contributed by atoms with Crippen LogP contribution in [0.1, 0.15) is 25.7 Å². The van der Waals surface area contributed by atoms with E-state index in [1.165, 1.54) is 25.7 Å². The number of hydrogen-bond acceptors (Lipinski definition) is 3. The van der Waals surface area contributed by atoms with Gasteiger partial charge in [-0.25, -0.2) is 0 Å². The van der Waals surface area contributed by atoms with Crippen LogP contribution in [0.15, 0.2) is 0 Å². The molecule has 0 aromatic heterocycles. The summed E-state index contributed by atoms with van der Waals surface area (Å²) in [4.78, 5) is 0. The molecule has 14 heavy (non-hydrogen) atoms. The summed E-state index contributed by atoms with van der Waals surface area (Å²) in [5.41, 5.74) is 0. The summed E-state index contributed by atoms with van der Waals surface area (Å²) in [7, 11) is 0. The summed E-state index contributed by atoms with van der Waals surface area (Å²) in [6.07, 6.45) is 5.14. The summed E-state index contributed by atoms with van der Waals surface area (Å²) >= 11 is 0. The summed E-state index contributed by atoms with van der Waals surface area (Å²) in [5.74, 6) is 1.21. The summed E-state index contributed by atoms with van der Waals surface area (Å²) in [6.45, 7) is 3.63. The molecule has 0 bridgehead atoms. The lowest BCUT2D eigenvalue weighted by molar-refractivity contribution is 0.149. The fraction of sp³-hybridized carbons (Fsp3) is 1.00. The molecular formula is C11H22N2O. The molecule has 82 valence electrons. The lowest BCUT2D eigenvalue weighted by atomic mass is 9.85. The molecule has 1 unspecified atom stereocenters. The molecule has 3 nitrogen and oxygen atoms in total. The highest BCUT2D eigenvalue weighted by Gasteiger charge is 2.26. The van der Waals surface area contributed by atoms with Crippen molar-refractivity contribution in [2.45, 2.75) is 31.7 Å². The molecule has 1 saturated heterocycles. The van der Waals surface area contributed by atoms with Crippen LogP contribution in [0.3, 0.4) is 0 Å². The van der Waals surface area contributed by atoms with Crippen molar-refractivity contribution >= 4 is 0 Å². The van der Waals surface area contributed by atoms with E-state index in [-0.39, 0.29) is 0 Å². The smallest absolute Gasteiger partial charge is 0.0474 e. The Kier molecular flexibility index (Phi) is 3.79. The van der Waals surface area contributed by atoms with Crippen LogP contribution < -0.4 is 10.6 Å². The molecule has 1 saturated carbocycles. The fourth-order valence-electron chi connectivity index (χ4n) is 2.30. The highest BCUT2D eigenvalue weighted by Crippen LogP contribution is 2.23. The van der Waals surface area contributed by atoms with Crippen molar-refractivity contribution in [3.05, 3.63) is 0 Å². The first-order valence-electron chi connectivity index (χ1n) is 5.95. The molecule has 1 heterocycles. The Balaban J connectivity index is 1.71. The fourth-order valence-corrected chi connectivity index (χ4v) is 2.30. The van der Waals surface area contributed by atoms with E-state index in [2.05, 4.69) is 10.6 Å². The Morgan fingerprint density at radius 2 is 1.93 bits per heavy atom. The molecule has 0 radical (unpaired) electrons. The van der Waals surface area contributed by atoms with Crippen LogP contribution >= 0.6 is 0 Å². The number of aliphatic hydroxyl groups is 1. The molecule has 3 heteroatoms. The van der Waals surface area contributed by atoms with Crippen molar-refractivity contribution < 1.29 is 5.11 Å². The Morgan fingerprint density at radius 3 is 2.50 bits per heavy atom. The molecule has 2 rings (SSSR count). The van der Waals surface area contributed by atoms with Gasteiger partial charge in [0.15, 0.2) is 0 Å². The van der Waals surface area contributed by atoms with Gasteiger partial charge in [-0.05, 0) is 50.6 Å². The maximum Gasteiger partial charge on any atom is 0.0474 e. The van der Waals surface area contributed by atoms with E-state index in [0.717, 1.165) is 31.6 Å². The lowest BCUT2D eigenvalue weighted by Gasteiger charge is -2.29. The van der Waals surface area contributed by atoms with E-state index >= 15 is 0 Å². The molecule has 1 aliphatic heterocycles. The van der Waals surface area contributed by atoms with Crippen LogP contribution in [0.4, 0.5) is 0 Å². The number of rotatable bonds is 5. The average Bonchev–Trinajstić information content (AvgIpc) is 3.04. The minimum Gasteiger partial charge on any atom is -0.396 e. The van der Waals surface area contributed by atoms with E-state index in [1.807, 2.05) is 0 Å². The van der Waals surface area contributed by atoms with Crippen molar-refractivity contribution in [2.24, 2.45) is 11.8 Å². The van der Waals surface area contributed by atoms with Crippen LogP contribution in [-0.2, 0) is 0 Å². The largest absolute Gasteiger partial charge is 0.396 e. The first kappa shape index (κ1) is 10.4. The third-order valence-electron chi connectivity index (χ3n) is 3.53. The van der Waals surface area contributed by atoms with E-state index in [1.54, 1.807) is 0 Å². The Morgan fingerprint density at radius 1 is 1.21 bits per heavy atom. The predicted molar refractivity (Wildman–Crippen MR) is 57.2 cm³/mol. The number of hydrogen-bond donors (Lipinski definition) is 3. The molecule has 2 fully saturated rings. The lowest BCUT2D eigenvalue weighted by Crippen LogP contribution is -2.38. The van der Waals surface area contributed by atoms with Crippen LogP contribution in [0.25, 0.3) is 0 Å². The second-order valence-electron chi connectivity index (χ2n) is 4.71. The van der Waals surface area contributed by atoms with Crippen LogP contribution in [0.5, 0.6) is 0 Å². The number of aliphatic hydroxyl groups excluding tert-OH is 1. The van der Waals surface area contributed by atoms with Gasteiger partial charge in [-0.3, -0.25) is 0 Å². The van der Waals surface area contributed by atoms with Crippen molar-refractivity contribution in [2.75, 3.05) is 26.2 Å². The van der Waals surface area contributed by atoms with Crippen molar-refractivity contribution in [1.29, 1.82) is 0 Å². The highest BCUT2D eigenvalue weighted by atomic mass is 16.3. The van der Waals surface area contributed by atoms with Gasteiger partial charge in [0.1, 0.15) is 0 Å². The van der Waals surface area contributed by atoms with Gasteiger partial charge in [0.05, 0.1) is 0 Å². The zero-order chi connectivity index (χ0) is 9.80. The molecule has 0 aromatic rings. The monoisotopic (exact) mass is 198 g/mol. The van der Waals surface area contributed by atoms with E-state index in [4.69, 9.17) is 0 Å². The summed E-state index contributed by atoms with van der Waals surface area (Å²) in [5, 5.41) is 16.2. The average molecular weight is 198 g/mol. The number of nitrogens with one attached hydrogen (secondary N) is 2. The van der Waals surface area contributed by atoms with Crippen molar-refractivity contribution in [3.63, 3.8) is 0 Å².